The maximum absolute atomic E-state index is 5.49. The highest BCUT2D eigenvalue weighted by molar-refractivity contribution is 5.41. The molecular weight excluding hydrogens is 280 g/mol. The average molecular weight is 302 g/mol. The quantitative estimate of drug-likeness (QED) is 0.870. The second kappa shape index (κ2) is 7.22. The number of aromatic nitrogens is 4. The molecule has 0 spiro atoms. The Balaban J connectivity index is 1.57. The van der Waals surface area contributed by atoms with Crippen molar-refractivity contribution in [2.75, 3.05) is 37.0 Å². The van der Waals surface area contributed by atoms with E-state index in [1.807, 2.05) is 35.0 Å². The van der Waals surface area contributed by atoms with Gasteiger partial charge in [-0.05, 0) is 25.0 Å². The molecule has 1 aliphatic heterocycles. The molecular formula is C15H22N6O. The molecule has 1 atom stereocenters. The summed E-state index contributed by atoms with van der Waals surface area (Å²) in [4.78, 5) is 11.0. The van der Waals surface area contributed by atoms with Crippen LogP contribution in [0.4, 0.5) is 11.8 Å². The molecule has 1 fully saturated rings. The second-order valence-electron chi connectivity index (χ2n) is 5.49. The Morgan fingerprint density at radius 2 is 2.41 bits per heavy atom. The number of hydrogen-bond acceptors (Lipinski definition) is 6. The molecule has 2 aromatic heterocycles. The van der Waals surface area contributed by atoms with Crippen molar-refractivity contribution < 1.29 is 4.74 Å². The number of nitrogens with zero attached hydrogens (tertiary/aromatic N) is 5. The van der Waals surface area contributed by atoms with Crippen LogP contribution in [0.5, 0.6) is 0 Å². The Hall–Kier alpha value is -2.15. The third kappa shape index (κ3) is 3.94. The molecule has 0 saturated carbocycles. The second-order valence-corrected chi connectivity index (χ2v) is 5.49. The summed E-state index contributed by atoms with van der Waals surface area (Å²) in [5.74, 6) is 1.57. The monoisotopic (exact) mass is 302 g/mol. The number of likely N-dealkylation sites (N-methyl/N-ethyl adjacent to an activating group) is 1. The largest absolute Gasteiger partial charge is 0.379 e. The van der Waals surface area contributed by atoms with Gasteiger partial charge in [0, 0.05) is 38.8 Å². The zero-order valence-corrected chi connectivity index (χ0v) is 12.9. The number of anilines is 2. The van der Waals surface area contributed by atoms with Crippen LogP contribution in [0.15, 0.2) is 30.7 Å². The minimum Gasteiger partial charge on any atom is -0.379 e. The van der Waals surface area contributed by atoms with Gasteiger partial charge in [0.1, 0.15) is 5.82 Å². The van der Waals surface area contributed by atoms with Crippen molar-refractivity contribution in [2.24, 2.45) is 0 Å². The van der Waals surface area contributed by atoms with Gasteiger partial charge < -0.3 is 15.0 Å². The van der Waals surface area contributed by atoms with Gasteiger partial charge in [-0.15, -0.1) is 0 Å². The first-order valence-electron chi connectivity index (χ1n) is 7.67. The molecule has 1 saturated heterocycles. The molecule has 118 valence electrons. The van der Waals surface area contributed by atoms with Crippen LogP contribution in [-0.4, -0.2) is 52.6 Å². The molecule has 7 nitrogen and oxygen atoms in total. The Bertz CT molecular complexity index is 567. The van der Waals surface area contributed by atoms with Crippen LogP contribution in [0.2, 0.25) is 0 Å². The maximum atomic E-state index is 5.49. The lowest BCUT2D eigenvalue weighted by atomic mass is 10.1. The summed E-state index contributed by atoms with van der Waals surface area (Å²) >= 11 is 0. The fourth-order valence-electron chi connectivity index (χ4n) is 2.46. The highest BCUT2D eigenvalue weighted by Crippen LogP contribution is 2.14. The number of rotatable bonds is 6. The fraction of sp³-hybridized carbons (Fsp3) is 0.533. The molecule has 22 heavy (non-hydrogen) atoms. The third-order valence-electron chi connectivity index (χ3n) is 3.72. The third-order valence-corrected chi connectivity index (χ3v) is 3.72. The van der Waals surface area contributed by atoms with Gasteiger partial charge in [-0.1, -0.05) is 0 Å². The van der Waals surface area contributed by atoms with Crippen molar-refractivity contribution in [3.63, 3.8) is 0 Å². The van der Waals surface area contributed by atoms with Crippen LogP contribution < -0.4 is 10.2 Å². The van der Waals surface area contributed by atoms with E-state index in [1.165, 1.54) is 0 Å². The molecule has 1 N–H and O–H groups in total. The van der Waals surface area contributed by atoms with Gasteiger partial charge >= 0.3 is 0 Å². The molecule has 1 aliphatic rings. The summed E-state index contributed by atoms with van der Waals surface area (Å²) in [6.07, 6.45) is 7.75. The minimum atomic E-state index is 0.339. The minimum absolute atomic E-state index is 0.339. The molecule has 1 unspecified atom stereocenters. The zero-order chi connectivity index (χ0) is 15.2. The number of ether oxygens (including phenoxy) is 1. The molecule has 0 aliphatic carbocycles. The van der Waals surface area contributed by atoms with E-state index in [1.54, 1.807) is 12.4 Å². The van der Waals surface area contributed by atoms with Crippen LogP contribution >= 0.6 is 0 Å². The summed E-state index contributed by atoms with van der Waals surface area (Å²) in [6, 6.07) is 4.16. The smallest absolute Gasteiger partial charge is 0.227 e. The Morgan fingerprint density at radius 1 is 1.45 bits per heavy atom. The topological polar surface area (TPSA) is 68.1 Å². The van der Waals surface area contributed by atoms with Gasteiger partial charge in [0.05, 0.1) is 19.2 Å². The zero-order valence-electron chi connectivity index (χ0n) is 12.9. The van der Waals surface area contributed by atoms with Crippen LogP contribution in [-0.2, 0) is 11.3 Å². The van der Waals surface area contributed by atoms with E-state index in [-0.39, 0.29) is 0 Å². The van der Waals surface area contributed by atoms with E-state index in [0.29, 0.717) is 12.0 Å². The van der Waals surface area contributed by atoms with Crippen LogP contribution in [0.1, 0.15) is 12.8 Å². The standard InChI is InChI=1S/C15H22N6O/c1-20(9-10-21-8-3-6-17-21)15-16-7-5-14(19-15)18-13-4-2-11-22-12-13/h3,5-8,13H,2,4,9-12H2,1H3,(H,16,18,19). The van der Waals surface area contributed by atoms with E-state index >= 15 is 0 Å². The summed E-state index contributed by atoms with van der Waals surface area (Å²) < 4.78 is 7.39. The summed E-state index contributed by atoms with van der Waals surface area (Å²) in [6.45, 7) is 3.22. The van der Waals surface area contributed by atoms with Crippen molar-refractivity contribution in [3.05, 3.63) is 30.7 Å². The van der Waals surface area contributed by atoms with Crippen molar-refractivity contribution in [3.8, 4) is 0 Å². The van der Waals surface area contributed by atoms with Crippen LogP contribution in [0.25, 0.3) is 0 Å². The lowest BCUT2D eigenvalue weighted by Gasteiger charge is -2.24. The van der Waals surface area contributed by atoms with Gasteiger partial charge in [-0.2, -0.15) is 10.1 Å². The maximum Gasteiger partial charge on any atom is 0.227 e. The molecule has 0 radical (unpaired) electrons. The molecule has 0 amide bonds. The SMILES string of the molecule is CN(CCn1cccn1)c1nccc(NC2CCCOC2)n1. The van der Waals surface area contributed by atoms with Crippen LogP contribution in [0.3, 0.4) is 0 Å². The van der Waals surface area contributed by atoms with Crippen molar-refractivity contribution in [2.45, 2.75) is 25.4 Å². The van der Waals surface area contributed by atoms with Gasteiger partial charge in [0.2, 0.25) is 5.95 Å². The molecule has 0 aromatic carbocycles. The summed E-state index contributed by atoms with van der Waals surface area (Å²) in [7, 11) is 1.99. The van der Waals surface area contributed by atoms with Crippen molar-refractivity contribution in [1.82, 2.24) is 19.7 Å². The summed E-state index contributed by atoms with van der Waals surface area (Å²) in [5.41, 5.74) is 0. The highest BCUT2D eigenvalue weighted by Gasteiger charge is 2.14. The normalized spacial score (nSPS) is 18.1. The Labute approximate surface area is 130 Å². The van der Waals surface area contributed by atoms with Gasteiger partial charge in [0.15, 0.2) is 0 Å². The van der Waals surface area contributed by atoms with Crippen LogP contribution in [0, 0.1) is 0 Å². The first-order valence-corrected chi connectivity index (χ1v) is 7.67. The fourth-order valence-corrected chi connectivity index (χ4v) is 2.46. The predicted octanol–water partition coefficient (Wildman–Crippen LogP) is 1.40. The number of hydrogen-bond donors (Lipinski definition) is 1. The highest BCUT2D eigenvalue weighted by atomic mass is 16.5. The molecule has 3 heterocycles. The molecule has 0 bridgehead atoms. The van der Waals surface area contributed by atoms with Crippen molar-refractivity contribution >= 4 is 11.8 Å². The Morgan fingerprint density at radius 3 is 3.18 bits per heavy atom. The Kier molecular flexibility index (Phi) is 4.85. The first kappa shape index (κ1) is 14.8. The molecule has 2 aromatic rings. The van der Waals surface area contributed by atoms with Crippen molar-refractivity contribution in [1.29, 1.82) is 0 Å². The van der Waals surface area contributed by atoms with E-state index in [0.717, 1.165) is 45.0 Å². The number of nitrogens with one attached hydrogen (secondary N) is 1. The lowest BCUT2D eigenvalue weighted by Crippen LogP contribution is -2.31. The molecule has 7 heteroatoms. The predicted molar refractivity (Wildman–Crippen MR) is 85.0 cm³/mol. The van der Waals surface area contributed by atoms with Gasteiger partial charge in [-0.3, -0.25) is 4.68 Å². The average Bonchev–Trinajstić information content (AvgIpc) is 3.07. The van der Waals surface area contributed by atoms with E-state index in [2.05, 4.69) is 20.4 Å². The van der Waals surface area contributed by atoms with Gasteiger partial charge in [-0.25, -0.2) is 4.98 Å². The van der Waals surface area contributed by atoms with E-state index in [4.69, 9.17) is 4.74 Å². The lowest BCUT2D eigenvalue weighted by molar-refractivity contribution is 0.0875. The molecule has 3 rings (SSSR count). The van der Waals surface area contributed by atoms with E-state index in [9.17, 15) is 0 Å². The van der Waals surface area contributed by atoms with Gasteiger partial charge in [0.25, 0.3) is 0 Å². The van der Waals surface area contributed by atoms with E-state index < -0.39 is 0 Å². The first-order chi connectivity index (χ1) is 10.8. The summed E-state index contributed by atoms with van der Waals surface area (Å²) in [5, 5.41) is 7.63.